The standard InChI is InChI=1S/C23H25N3O3/c1-28-20-11-8-17(14-21(20)29-2)9-13-23(27)26-22-12-10-19(16-25-22)24-15-18-6-4-3-5-7-18/h3-8,10-12,14,16,24H,9,13,15H2,1-2H3,(H,25,26,27). The lowest BCUT2D eigenvalue weighted by molar-refractivity contribution is -0.116. The maximum atomic E-state index is 12.2. The molecule has 1 heterocycles. The van der Waals surface area contributed by atoms with Crippen molar-refractivity contribution in [3.05, 3.63) is 78.0 Å². The number of carbonyl (C=O) groups excluding carboxylic acids is 1. The highest BCUT2D eigenvalue weighted by Crippen LogP contribution is 2.28. The van der Waals surface area contributed by atoms with Crippen molar-refractivity contribution in [1.82, 2.24) is 4.98 Å². The molecule has 0 saturated heterocycles. The van der Waals surface area contributed by atoms with Crippen molar-refractivity contribution in [2.45, 2.75) is 19.4 Å². The number of hydrogen-bond donors (Lipinski definition) is 2. The molecule has 0 aliphatic carbocycles. The third kappa shape index (κ3) is 5.97. The van der Waals surface area contributed by atoms with Crippen molar-refractivity contribution in [3.8, 4) is 11.5 Å². The summed E-state index contributed by atoms with van der Waals surface area (Å²) in [4.78, 5) is 16.5. The van der Waals surface area contributed by atoms with Gasteiger partial charge < -0.3 is 20.1 Å². The van der Waals surface area contributed by atoms with Gasteiger partial charge in [0.25, 0.3) is 0 Å². The number of rotatable bonds is 9. The van der Waals surface area contributed by atoms with Crippen LogP contribution in [0, 0.1) is 0 Å². The minimum atomic E-state index is -0.0859. The first-order valence-electron chi connectivity index (χ1n) is 9.42. The maximum absolute atomic E-state index is 12.2. The Morgan fingerprint density at radius 2 is 1.72 bits per heavy atom. The molecule has 29 heavy (non-hydrogen) atoms. The van der Waals surface area contributed by atoms with Gasteiger partial charge in [0, 0.05) is 13.0 Å². The summed E-state index contributed by atoms with van der Waals surface area (Å²) in [5.74, 6) is 1.78. The first-order valence-corrected chi connectivity index (χ1v) is 9.42. The van der Waals surface area contributed by atoms with E-state index >= 15 is 0 Å². The van der Waals surface area contributed by atoms with Crippen LogP contribution in [0.15, 0.2) is 66.9 Å². The van der Waals surface area contributed by atoms with Crippen LogP contribution in [0.25, 0.3) is 0 Å². The second kappa shape index (κ2) is 10.1. The molecular weight excluding hydrogens is 366 g/mol. The number of pyridine rings is 1. The summed E-state index contributed by atoms with van der Waals surface area (Å²) >= 11 is 0. The Balaban J connectivity index is 1.48. The topological polar surface area (TPSA) is 72.5 Å². The van der Waals surface area contributed by atoms with E-state index in [1.54, 1.807) is 26.5 Å². The van der Waals surface area contributed by atoms with Crippen LogP contribution in [0.5, 0.6) is 11.5 Å². The molecule has 0 fully saturated rings. The van der Waals surface area contributed by atoms with Gasteiger partial charge in [0.15, 0.2) is 11.5 Å². The normalized spacial score (nSPS) is 10.3. The number of carbonyl (C=O) groups is 1. The molecule has 0 bridgehead atoms. The summed E-state index contributed by atoms with van der Waals surface area (Å²) in [7, 11) is 3.19. The van der Waals surface area contributed by atoms with Gasteiger partial charge in [-0.25, -0.2) is 4.98 Å². The number of benzene rings is 2. The molecule has 1 amide bonds. The predicted octanol–water partition coefficient (Wildman–Crippen LogP) is 4.28. The molecule has 6 nitrogen and oxygen atoms in total. The second-order valence-electron chi connectivity index (χ2n) is 6.51. The van der Waals surface area contributed by atoms with Gasteiger partial charge in [-0.15, -0.1) is 0 Å². The van der Waals surface area contributed by atoms with Gasteiger partial charge in [0.1, 0.15) is 5.82 Å². The van der Waals surface area contributed by atoms with Crippen LogP contribution in [-0.4, -0.2) is 25.1 Å². The Bertz CT molecular complexity index is 928. The molecular formula is C23H25N3O3. The second-order valence-corrected chi connectivity index (χ2v) is 6.51. The lowest BCUT2D eigenvalue weighted by atomic mass is 10.1. The maximum Gasteiger partial charge on any atom is 0.225 e. The van der Waals surface area contributed by atoms with Crippen LogP contribution >= 0.6 is 0 Å². The number of aryl methyl sites for hydroxylation is 1. The Morgan fingerprint density at radius 1 is 0.931 bits per heavy atom. The molecule has 0 unspecified atom stereocenters. The Labute approximate surface area is 170 Å². The van der Waals surface area contributed by atoms with Crippen molar-refractivity contribution in [2.75, 3.05) is 24.9 Å². The van der Waals surface area contributed by atoms with E-state index in [1.807, 2.05) is 42.5 Å². The van der Waals surface area contributed by atoms with Crippen molar-refractivity contribution in [2.24, 2.45) is 0 Å². The Kier molecular flexibility index (Phi) is 7.05. The van der Waals surface area contributed by atoms with Crippen molar-refractivity contribution < 1.29 is 14.3 Å². The van der Waals surface area contributed by atoms with E-state index in [2.05, 4.69) is 27.8 Å². The lowest BCUT2D eigenvalue weighted by Gasteiger charge is -2.10. The molecule has 6 heteroatoms. The molecule has 0 aliphatic rings. The Hall–Kier alpha value is -3.54. The van der Waals surface area contributed by atoms with Gasteiger partial charge >= 0.3 is 0 Å². The summed E-state index contributed by atoms with van der Waals surface area (Å²) in [5, 5.41) is 6.14. The zero-order valence-corrected chi connectivity index (χ0v) is 16.6. The fraction of sp³-hybridized carbons (Fsp3) is 0.217. The highest BCUT2D eigenvalue weighted by Gasteiger charge is 2.08. The predicted molar refractivity (Wildman–Crippen MR) is 115 cm³/mol. The number of aromatic nitrogens is 1. The van der Waals surface area contributed by atoms with Gasteiger partial charge in [-0.1, -0.05) is 36.4 Å². The van der Waals surface area contributed by atoms with E-state index in [0.29, 0.717) is 30.2 Å². The Morgan fingerprint density at radius 3 is 2.41 bits per heavy atom. The molecule has 0 aliphatic heterocycles. The van der Waals surface area contributed by atoms with E-state index in [9.17, 15) is 4.79 Å². The highest BCUT2D eigenvalue weighted by atomic mass is 16.5. The number of methoxy groups -OCH3 is 2. The van der Waals surface area contributed by atoms with Crippen LogP contribution in [0.1, 0.15) is 17.5 Å². The largest absolute Gasteiger partial charge is 0.493 e. The van der Waals surface area contributed by atoms with Crippen LogP contribution in [0.3, 0.4) is 0 Å². The first kappa shape index (κ1) is 20.2. The summed E-state index contributed by atoms with van der Waals surface area (Å²) in [6.45, 7) is 0.722. The van der Waals surface area contributed by atoms with E-state index in [0.717, 1.165) is 17.8 Å². The number of nitrogens with zero attached hydrogens (tertiary/aromatic N) is 1. The molecule has 0 radical (unpaired) electrons. The zero-order valence-electron chi connectivity index (χ0n) is 16.6. The number of ether oxygens (including phenoxy) is 2. The fourth-order valence-corrected chi connectivity index (χ4v) is 2.87. The highest BCUT2D eigenvalue weighted by molar-refractivity contribution is 5.90. The minimum Gasteiger partial charge on any atom is -0.493 e. The van der Waals surface area contributed by atoms with Gasteiger partial charge in [-0.2, -0.15) is 0 Å². The first-order chi connectivity index (χ1) is 14.2. The molecule has 0 saturated carbocycles. The molecule has 2 N–H and O–H groups in total. The number of nitrogens with one attached hydrogen (secondary N) is 2. The molecule has 2 aromatic carbocycles. The van der Waals surface area contributed by atoms with E-state index in [1.165, 1.54) is 5.56 Å². The fourth-order valence-electron chi connectivity index (χ4n) is 2.87. The smallest absolute Gasteiger partial charge is 0.225 e. The average Bonchev–Trinajstić information content (AvgIpc) is 2.77. The van der Waals surface area contributed by atoms with Crippen molar-refractivity contribution in [1.29, 1.82) is 0 Å². The van der Waals surface area contributed by atoms with Crippen LogP contribution in [-0.2, 0) is 17.8 Å². The van der Waals surface area contributed by atoms with Gasteiger partial charge in [0.05, 0.1) is 26.1 Å². The summed E-state index contributed by atoms with van der Waals surface area (Å²) in [6, 6.07) is 19.5. The average molecular weight is 391 g/mol. The van der Waals surface area contributed by atoms with E-state index < -0.39 is 0 Å². The molecule has 150 valence electrons. The minimum absolute atomic E-state index is 0.0859. The monoisotopic (exact) mass is 391 g/mol. The number of anilines is 2. The molecule has 0 atom stereocenters. The molecule has 3 rings (SSSR count). The summed E-state index contributed by atoms with van der Waals surface area (Å²) < 4.78 is 10.5. The van der Waals surface area contributed by atoms with E-state index in [-0.39, 0.29) is 5.91 Å². The summed E-state index contributed by atoms with van der Waals surface area (Å²) in [6.07, 6.45) is 2.67. The lowest BCUT2D eigenvalue weighted by Crippen LogP contribution is -2.13. The van der Waals surface area contributed by atoms with Gasteiger partial charge in [0.2, 0.25) is 5.91 Å². The van der Waals surface area contributed by atoms with Crippen LogP contribution < -0.4 is 20.1 Å². The summed E-state index contributed by atoms with van der Waals surface area (Å²) in [5.41, 5.74) is 3.10. The number of hydrogen-bond acceptors (Lipinski definition) is 5. The third-order valence-corrected chi connectivity index (χ3v) is 4.46. The SMILES string of the molecule is COc1ccc(CCC(=O)Nc2ccc(NCc3ccccc3)cn2)cc1OC. The van der Waals surface area contributed by atoms with Crippen molar-refractivity contribution >= 4 is 17.4 Å². The van der Waals surface area contributed by atoms with Gasteiger partial charge in [-0.05, 0) is 41.8 Å². The molecule has 3 aromatic rings. The molecule has 1 aromatic heterocycles. The molecule has 0 spiro atoms. The number of amides is 1. The van der Waals surface area contributed by atoms with Crippen molar-refractivity contribution in [3.63, 3.8) is 0 Å². The zero-order chi connectivity index (χ0) is 20.5. The van der Waals surface area contributed by atoms with E-state index in [4.69, 9.17) is 9.47 Å². The quantitative estimate of drug-likeness (QED) is 0.570. The van der Waals surface area contributed by atoms with Crippen LogP contribution in [0.4, 0.5) is 11.5 Å². The van der Waals surface area contributed by atoms with Gasteiger partial charge in [-0.3, -0.25) is 4.79 Å². The van der Waals surface area contributed by atoms with Crippen LogP contribution in [0.2, 0.25) is 0 Å². The third-order valence-electron chi connectivity index (χ3n) is 4.46.